The van der Waals surface area contributed by atoms with E-state index in [9.17, 15) is 24.6 Å². The highest BCUT2D eigenvalue weighted by atomic mass is 16.5. The number of benzene rings is 1. The summed E-state index contributed by atoms with van der Waals surface area (Å²) in [6.45, 7) is 9.34. The molecule has 0 unspecified atom stereocenters. The number of fused-ring (bicyclic) bond motifs is 2. The third-order valence-corrected chi connectivity index (χ3v) is 7.51. The quantitative estimate of drug-likeness (QED) is 0.235. The number of aliphatic hydroxyl groups is 1. The Bertz CT molecular complexity index is 1220. The van der Waals surface area contributed by atoms with Gasteiger partial charge in [-0.25, -0.2) is 4.79 Å². The fraction of sp³-hybridized carbons (Fsp3) is 0.514. The topological polar surface area (TPSA) is 134 Å². The highest BCUT2D eigenvalue weighted by Crippen LogP contribution is 2.24. The number of aryl methyl sites for hydroxylation is 1. The average molecular weight is 611 g/mol. The van der Waals surface area contributed by atoms with E-state index in [4.69, 9.17) is 9.47 Å². The lowest BCUT2D eigenvalue weighted by Crippen LogP contribution is -2.43. The van der Waals surface area contributed by atoms with Crippen LogP contribution < -0.4 is 10.6 Å². The molecule has 9 nitrogen and oxygen atoms in total. The molecule has 2 rings (SSSR count). The largest absolute Gasteiger partial charge is 0.508 e. The maximum Gasteiger partial charge on any atom is 0.328 e. The molecule has 1 aliphatic rings. The van der Waals surface area contributed by atoms with Gasteiger partial charge in [0, 0.05) is 37.6 Å². The van der Waals surface area contributed by atoms with Crippen molar-refractivity contribution in [3.63, 3.8) is 0 Å². The van der Waals surface area contributed by atoms with Crippen LogP contribution in [0.5, 0.6) is 5.75 Å². The number of methoxy groups -OCH3 is 1. The van der Waals surface area contributed by atoms with Gasteiger partial charge < -0.3 is 30.3 Å². The number of phenols is 1. The number of aromatic hydroxyl groups is 1. The molecule has 242 valence electrons. The predicted molar refractivity (Wildman–Crippen MR) is 173 cm³/mol. The minimum Gasteiger partial charge on any atom is -0.508 e. The molecular weight excluding hydrogens is 560 g/mol. The number of allylic oxidation sites excluding steroid dienone is 5. The van der Waals surface area contributed by atoms with Gasteiger partial charge in [0.05, 0.1) is 18.6 Å². The van der Waals surface area contributed by atoms with Crippen LogP contribution in [0.3, 0.4) is 0 Å². The minimum absolute atomic E-state index is 0.0429. The van der Waals surface area contributed by atoms with Crippen LogP contribution in [0.4, 0.5) is 5.69 Å². The van der Waals surface area contributed by atoms with Crippen molar-refractivity contribution in [3.05, 3.63) is 71.9 Å². The van der Waals surface area contributed by atoms with E-state index >= 15 is 0 Å². The van der Waals surface area contributed by atoms with Gasteiger partial charge in [0.2, 0.25) is 11.8 Å². The van der Waals surface area contributed by atoms with Crippen molar-refractivity contribution < 1.29 is 34.1 Å². The SMILES string of the molecule is CO[C@H]1/C=C/C=C/C=C/C[C@H](OC(=O)[C@@H](C)NC(=O)CCC(C)C)[C@@H](C)[C@@H](O)/C(C)=C\CCc2cc(O)cc(c2)NC(=O)C1. The third-order valence-electron chi connectivity index (χ3n) is 7.51. The number of hydrogen-bond acceptors (Lipinski definition) is 7. The van der Waals surface area contributed by atoms with Gasteiger partial charge in [-0.2, -0.15) is 0 Å². The monoisotopic (exact) mass is 610 g/mol. The summed E-state index contributed by atoms with van der Waals surface area (Å²) in [6, 6.07) is 4.13. The van der Waals surface area contributed by atoms with Crippen LogP contribution in [-0.4, -0.2) is 59.5 Å². The van der Waals surface area contributed by atoms with Gasteiger partial charge in [0.1, 0.15) is 17.9 Å². The van der Waals surface area contributed by atoms with Crippen LogP contribution in [0.25, 0.3) is 0 Å². The second kappa shape index (κ2) is 18.9. The normalized spacial score (nSPS) is 26.2. The molecule has 1 aromatic rings. The number of rotatable bonds is 7. The van der Waals surface area contributed by atoms with Gasteiger partial charge in [-0.15, -0.1) is 0 Å². The zero-order chi connectivity index (χ0) is 32.6. The number of carbonyl (C=O) groups is 3. The predicted octanol–water partition coefficient (Wildman–Crippen LogP) is 5.54. The summed E-state index contributed by atoms with van der Waals surface area (Å²) >= 11 is 0. The van der Waals surface area contributed by atoms with Gasteiger partial charge in [0.25, 0.3) is 0 Å². The molecule has 0 fully saturated rings. The zero-order valence-corrected chi connectivity index (χ0v) is 26.9. The minimum atomic E-state index is -0.880. The lowest BCUT2D eigenvalue weighted by Gasteiger charge is -2.29. The van der Waals surface area contributed by atoms with Crippen molar-refractivity contribution >= 4 is 23.5 Å². The fourth-order valence-electron chi connectivity index (χ4n) is 4.74. The lowest BCUT2D eigenvalue weighted by atomic mass is 9.90. The lowest BCUT2D eigenvalue weighted by molar-refractivity contribution is -0.156. The van der Waals surface area contributed by atoms with Gasteiger partial charge in [-0.3, -0.25) is 9.59 Å². The molecule has 1 aliphatic heterocycles. The second-order valence-electron chi connectivity index (χ2n) is 11.8. The van der Waals surface area contributed by atoms with Gasteiger partial charge in [-0.05, 0) is 62.3 Å². The van der Waals surface area contributed by atoms with Crippen molar-refractivity contribution in [3.8, 4) is 5.75 Å². The molecule has 2 amide bonds. The smallest absolute Gasteiger partial charge is 0.328 e. The first-order valence-electron chi connectivity index (χ1n) is 15.4. The van der Waals surface area contributed by atoms with E-state index in [1.165, 1.54) is 13.2 Å². The molecule has 0 spiro atoms. The Hall–Kier alpha value is -3.69. The van der Waals surface area contributed by atoms with E-state index in [0.29, 0.717) is 37.3 Å². The van der Waals surface area contributed by atoms with Crippen molar-refractivity contribution in [2.45, 2.75) is 97.5 Å². The Balaban J connectivity index is 2.27. The van der Waals surface area contributed by atoms with Crippen molar-refractivity contribution in [2.75, 3.05) is 12.4 Å². The molecule has 4 N–H and O–H groups in total. The maximum atomic E-state index is 13.0. The third kappa shape index (κ3) is 13.3. The summed E-state index contributed by atoms with van der Waals surface area (Å²) in [7, 11) is 1.53. The van der Waals surface area contributed by atoms with E-state index in [1.807, 2.05) is 58.1 Å². The summed E-state index contributed by atoms with van der Waals surface area (Å²) < 4.78 is 11.3. The van der Waals surface area contributed by atoms with Crippen molar-refractivity contribution in [1.82, 2.24) is 5.32 Å². The molecule has 1 heterocycles. The molecule has 2 bridgehead atoms. The van der Waals surface area contributed by atoms with Crippen LogP contribution >= 0.6 is 0 Å². The fourth-order valence-corrected chi connectivity index (χ4v) is 4.74. The molecule has 0 saturated carbocycles. The molecule has 9 heteroatoms. The number of ether oxygens (including phenoxy) is 2. The molecule has 0 aromatic heterocycles. The van der Waals surface area contributed by atoms with E-state index in [2.05, 4.69) is 10.6 Å². The van der Waals surface area contributed by atoms with Crippen LogP contribution in [-0.2, 0) is 30.3 Å². The second-order valence-corrected chi connectivity index (χ2v) is 11.8. The Labute approximate surface area is 262 Å². The van der Waals surface area contributed by atoms with Crippen molar-refractivity contribution in [1.29, 1.82) is 0 Å². The van der Waals surface area contributed by atoms with Crippen LogP contribution in [0.1, 0.15) is 72.3 Å². The first kappa shape index (κ1) is 36.5. The summed E-state index contributed by atoms with van der Waals surface area (Å²) in [6.07, 6.45) is 13.5. The van der Waals surface area contributed by atoms with E-state index in [-0.39, 0.29) is 24.0 Å². The van der Waals surface area contributed by atoms with E-state index in [1.54, 1.807) is 31.2 Å². The molecular formula is C35H50N2O7. The zero-order valence-electron chi connectivity index (χ0n) is 26.9. The van der Waals surface area contributed by atoms with Crippen LogP contribution in [0.15, 0.2) is 66.3 Å². The highest BCUT2D eigenvalue weighted by molar-refractivity contribution is 5.91. The van der Waals surface area contributed by atoms with E-state index < -0.39 is 36.2 Å². The summed E-state index contributed by atoms with van der Waals surface area (Å²) in [5.74, 6) is -1.02. The maximum absolute atomic E-state index is 13.0. The van der Waals surface area contributed by atoms with Gasteiger partial charge in [-0.1, -0.05) is 63.3 Å². The van der Waals surface area contributed by atoms with Gasteiger partial charge >= 0.3 is 5.97 Å². The molecule has 0 aliphatic carbocycles. The van der Waals surface area contributed by atoms with Crippen LogP contribution in [0, 0.1) is 11.8 Å². The Morgan fingerprint density at radius 1 is 1.11 bits per heavy atom. The first-order valence-corrected chi connectivity index (χ1v) is 15.4. The summed E-state index contributed by atoms with van der Waals surface area (Å²) in [5.41, 5.74) is 2.05. The molecule has 0 saturated heterocycles. The van der Waals surface area contributed by atoms with E-state index in [0.717, 1.165) is 17.6 Å². The number of carbonyl (C=O) groups excluding carboxylic acids is 3. The number of phenolic OH excluding ortho intramolecular Hbond substituents is 1. The Morgan fingerprint density at radius 3 is 2.55 bits per heavy atom. The number of amides is 2. The molecule has 44 heavy (non-hydrogen) atoms. The standard InChI is InChI=1S/C35H50N2O7/c1-23(2)17-18-32(39)36-26(5)35(42)44-31-16-11-9-7-8-10-15-30(43-6)22-33(40)37-28-19-27(20-29(38)21-28)14-12-13-24(3)34(41)25(31)4/h7-11,13,15,19-21,23,25-26,30-31,34,38,41H,12,14,16-18,22H2,1-6H3,(H,36,39)(H,37,40)/b8-7+,11-9+,15-10+,24-13-/t25-,26-,30+,31+,34+/m1/s1. The molecule has 1 aromatic carbocycles. The molecule has 0 radical (unpaired) electrons. The first-order chi connectivity index (χ1) is 20.9. The van der Waals surface area contributed by atoms with Gasteiger partial charge in [0.15, 0.2) is 0 Å². The average Bonchev–Trinajstić information content (AvgIpc) is 2.96. The number of aliphatic hydroxyl groups excluding tert-OH is 1. The van der Waals surface area contributed by atoms with Crippen molar-refractivity contribution in [2.24, 2.45) is 11.8 Å². The highest BCUT2D eigenvalue weighted by Gasteiger charge is 2.29. The summed E-state index contributed by atoms with van der Waals surface area (Å²) in [4.78, 5) is 37.9. The summed E-state index contributed by atoms with van der Waals surface area (Å²) in [5, 5.41) is 27.0. The van der Waals surface area contributed by atoms with Crippen LogP contribution in [0.2, 0.25) is 0 Å². The number of esters is 1. The number of nitrogens with one attached hydrogen (secondary N) is 2. The Kier molecular flexibility index (Phi) is 15.6. The molecule has 5 atom stereocenters. The Morgan fingerprint density at radius 2 is 1.84 bits per heavy atom. The number of anilines is 1. The number of hydrogen-bond donors (Lipinski definition) is 4.